The van der Waals surface area contributed by atoms with E-state index in [-0.39, 0.29) is 5.91 Å². The van der Waals surface area contributed by atoms with Gasteiger partial charge >= 0.3 is 0 Å². The van der Waals surface area contributed by atoms with Crippen molar-refractivity contribution in [3.8, 4) is 0 Å². The third kappa shape index (κ3) is 3.58. The predicted octanol–water partition coefficient (Wildman–Crippen LogP) is 4.16. The molecule has 1 amide bonds. The molecule has 0 saturated carbocycles. The summed E-state index contributed by atoms with van der Waals surface area (Å²) in [6.07, 6.45) is 1.73. The van der Waals surface area contributed by atoms with Crippen LogP contribution in [0.5, 0.6) is 0 Å². The van der Waals surface area contributed by atoms with Gasteiger partial charge in [-0.3, -0.25) is 9.78 Å². The quantitative estimate of drug-likeness (QED) is 0.827. The Morgan fingerprint density at radius 1 is 1.35 bits per heavy atom. The van der Waals surface area contributed by atoms with E-state index in [4.69, 9.17) is 11.6 Å². The van der Waals surface area contributed by atoms with Gasteiger partial charge in [-0.05, 0) is 53.2 Å². The molecule has 0 atom stereocenters. The van der Waals surface area contributed by atoms with Gasteiger partial charge in [0.25, 0.3) is 5.91 Å². The van der Waals surface area contributed by atoms with Gasteiger partial charge in [-0.25, -0.2) is 0 Å². The summed E-state index contributed by atoms with van der Waals surface area (Å²) in [5.74, 6) is -0.0625. The summed E-state index contributed by atoms with van der Waals surface area (Å²) in [7, 11) is 0. The van der Waals surface area contributed by atoms with Crippen molar-refractivity contribution in [2.45, 2.75) is 13.5 Å². The summed E-state index contributed by atoms with van der Waals surface area (Å²) in [6.45, 7) is 3.03. The molecule has 1 aromatic heterocycles. The van der Waals surface area contributed by atoms with E-state index in [1.807, 2.05) is 25.1 Å². The van der Waals surface area contributed by atoms with E-state index in [2.05, 4.69) is 20.9 Å². The maximum atomic E-state index is 12.6. The highest BCUT2D eigenvalue weighted by molar-refractivity contribution is 9.10. The lowest BCUT2D eigenvalue weighted by molar-refractivity contribution is 0.0749. The van der Waals surface area contributed by atoms with Gasteiger partial charge in [0.05, 0.1) is 17.8 Å². The van der Waals surface area contributed by atoms with Crippen LogP contribution in [0.4, 0.5) is 0 Å². The first-order valence-electron chi connectivity index (χ1n) is 6.26. The first-order chi connectivity index (χ1) is 9.61. The van der Waals surface area contributed by atoms with Crippen LogP contribution in [0.25, 0.3) is 0 Å². The fourth-order valence-electron chi connectivity index (χ4n) is 1.85. The second kappa shape index (κ2) is 6.86. The molecule has 104 valence electrons. The van der Waals surface area contributed by atoms with Gasteiger partial charge in [0.15, 0.2) is 0 Å². The Morgan fingerprint density at radius 3 is 2.80 bits per heavy atom. The molecule has 0 aliphatic carbocycles. The summed E-state index contributed by atoms with van der Waals surface area (Å²) in [5.41, 5.74) is 1.43. The number of carbonyl (C=O) groups excluding carboxylic acids is 1. The zero-order valence-corrected chi connectivity index (χ0v) is 13.4. The van der Waals surface area contributed by atoms with E-state index in [1.54, 1.807) is 29.3 Å². The Kier molecular flexibility index (Phi) is 5.15. The summed E-state index contributed by atoms with van der Waals surface area (Å²) in [5, 5.41) is 0.547. The highest BCUT2D eigenvalue weighted by Gasteiger charge is 2.18. The average molecular weight is 354 g/mol. The molecule has 2 rings (SSSR count). The lowest BCUT2D eigenvalue weighted by atomic mass is 10.2. The van der Waals surface area contributed by atoms with Crippen molar-refractivity contribution in [1.29, 1.82) is 0 Å². The molecule has 20 heavy (non-hydrogen) atoms. The van der Waals surface area contributed by atoms with Crippen LogP contribution in [0.15, 0.2) is 47.1 Å². The Labute approximate surface area is 131 Å². The van der Waals surface area contributed by atoms with Gasteiger partial charge in [0.1, 0.15) is 0 Å². The summed E-state index contributed by atoms with van der Waals surface area (Å²) < 4.78 is 0.742. The molecule has 2 aromatic rings. The molecule has 0 bridgehead atoms. The fraction of sp³-hybridized carbons (Fsp3) is 0.200. The van der Waals surface area contributed by atoms with E-state index in [0.717, 1.165) is 10.2 Å². The van der Waals surface area contributed by atoms with Gasteiger partial charge in [0, 0.05) is 22.2 Å². The normalized spacial score (nSPS) is 10.3. The Hall–Kier alpha value is -1.39. The number of rotatable bonds is 4. The summed E-state index contributed by atoms with van der Waals surface area (Å²) in [4.78, 5) is 18.5. The number of carbonyl (C=O) groups is 1. The number of benzene rings is 1. The van der Waals surface area contributed by atoms with Crippen LogP contribution in [0, 0.1) is 0 Å². The molecule has 5 heteroatoms. The molecule has 0 spiro atoms. The zero-order valence-electron chi connectivity index (χ0n) is 11.0. The number of amides is 1. The van der Waals surface area contributed by atoms with Crippen molar-refractivity contribution in [3.63, 3.8) is 0 Å². The monoisotopic (exact) mass is 352 g/mol. The molecular weight excluding hydrogens is 340 g/mol. The number of nitrogens with zero attached hydrogens (tertiary/aromatic N) is 2. The molecule has 0 fully saturated rings. The Bertz CT molecular complexity index is 604. The van der Waals surface area contributed by atoms with Gasteiger partial charge in [-0.1, -0.05) is 17.7 Å². The van der Waals surface area contributed by atoms with Crippen LogP contribution in [0.2, 0.25) is 5.02 Å². The van der Waals surface area contributed by atoms with E-state index < -0.39 is 0 Å². The van der Waals surface area contributed by atoms with Gasteiger partial charge < -0.3 is 4.90 Å². The van der Waals surface area contributed by atoms with E-state index in [9.17, 15) is 4.79 Å². The third-order valence-corrected chi connectivity index (χ3v) is 3.83. The predicted molar refractivity (Wildman–Crippen MR) is 83.8 cm³/mol. The van der Waals surface area contributed by atoms with E-state index >= 15 is 0 Å². The third-order valence-electron chi connectivity index (χ3n) is 2.91. The van der Waals surface area contributed by atoms with Gasteiger partial charge in [-0.15, -0.1) is 0 Å². The smallest absolute Gasteiger partial charge is 0.255 e. The molecule has 3 nitrogen and oxygen atoms in total. The average Bonchev–Trinajstić information content (AvgIpc) is 2.47. The van der Waals surface area contributed by atoms with Gasteiger partial charge in [0.2, 0.25) is 0 Å². The van der Waals surface area contributed by atoms with Crippen LogP contribution < -0.4 is 0 Å². The number of hydrogen-bond donors (Lipinski definition) is 0. The molecular formula is C15H14BrClN2O. The van der Waals surface area contributed by atoms with E-state index in [1.165, 1.54) is 0 Å². The zero-order chi connectivity index (χ0) is 14.5. The second-order valence-corrected chi connectivity index (χ2v) is 5.56. The van der Waals surface area contributed by atoms with Crippen LogP contribution >= 0.6 is 27.5 Å². The highest BCUT2D eigenvalue weighted by Crippen LogP contribution is 2.23. The van der Waals surface area contributed by atoms with Crippen molar-refractivity contribution in [2.24, 2.45) is 0 Å². The molecule has 0 aliphatic heterocycles. The van der Waals surface area contributed by atoms with Crippen LogP contribution in [0.3, 0.4) is 0 Å². The van der Waals surface area contributed by atoms with Crippen molar-refractivity contribution in [3.05, 3.63) is 63.3 Å². The lowest BCUT2D eigenvalue weighted by Crippen LogP contribution is -2.30. The molecule has 0 unspecified atom stereocenters. The molecule has 0 radical (unpaired) electrons. The molecule has 0 aliphatic rings. The van der Waals surface area contributed by atoms with Crippen molar-refractivity contribution >= 4 is 33.4 Å². The summed E-state index contributed by atoms with van der Waals surface area (Å²) in [6, 6.07) is 10.9. The second-order valence-electron chi connectivity index (χ2n) is 4.26. The van der Waals surface area contributed by atoms with Crippen molar-refractivity contribution in [2.75, 3.05) is 6.54 Å². The Balaban J connectivity index is 2.23. The molecule has 1 heterocycles. The Morgan fingerprint density at radius 2 is 2.15 bits per heavy atom. The minimum Gasteiger partial charge on any atom is -0.333 e. The number of aromatic nitrogens is 1. The summed E-state index contributed by atoms with van der Waals surface area (Å²) >= 11 is 9.36. The molecule has 0 N–H and O–H groups in total. The molecule has 1 aromatic carbocycles. The minimum absolute atomic E-state index is 0.0625. The van der Waals surface area contributed by atoms with Crippen molar-refractivity contribution in [1.82, 2.24) is 9.88 Å². The topological polar surface area (TPSA) is 33.2 Å². The maximum absolute atomic E-state index is 12.6. The SMILES string of the molecule is CCN(Cc1ccccn1)C(=O)c1cc(Cl)ccc1Br. The number of pyridine rings is 1. The first-order valence-corrected chi connectivity index (χ1v) is 7.43. The number of halogens is 2. The molecule has 0 saturated heterocycles. The fourth-order valence-corrected chi connectivity index (χ4v) is 2.43. The van der Waals surface area contributed by atoms with Crippen molar-refractivity contribution < 1.29 is 4.79 Å². The highest BCUT2D eigenvalue weighted by atomic mass is 79.9. The minimum atomic E-state index is -0.0625. The standard InChI is InChI=1S/C15H14BrClN2O/c1-2-19(10-12-5-3-4-8-18-12)15(20)13-9-11(17)6-7-14(13)16/h3-9H,2,10H2,1H3. The maximum Gasteiger partial charge on any atom is 0.255 e. The van der Waals surface area contributed by atoms with Gasteiger partial charge in [-0.2, -0.15) is 0 Å². The largest absolute Gasteiger partial charge is 0.333 e. The van der Waals surface area contributed by atoms with Crippen LogP contribution in [-0.4, -0.2) is 22.3 Å². The lowest BCUT2D eigenvalue weighted by Gasteiger charge is -2.21. The van der Waals surface area contributed by atoms with Crippen LogP contribution in [-0.2, 0) is 6.54 Å². The van der Waals surface area contributed by atoms with Crippen LogP contribution in [0.1, 0.15) is 23.0 Å². The van der Waals surface area contributed by atoms with E-state index in [0.29, 0.717) is 23.7 Å². The first kappa shape index (κ1) is 15.0. The number of hydrogen-bond acceptors (Lipinski definition) is 2.